The van der Waals surface area contributed by atoms with Crippen LogP contribution in [0.5, 0.6) is 0 Å². The lowest BCUT2D eigenvalue weighted by Gasteiger charge is -2.49. The molecule has 0 amide bonds. The lowest BCUT2D eigenvalue weighted by atomic mass is 9.99. The third-order valence-electron chi connectivity index (χ3n) is 1.99. The van der Waals surface area contributed by atoms with Crippen molar-refractivity contribution in [3.05, 3.63) is 0 Å². The van der Waals surface area contributed by atoms with Crippen LogP contribution in [-0.4, -0.2) is 24.4 Å². The summed E-state index contributed by atoms with van der Waals surface area (Å²) in [7, 11) is 0. The van der Waals surface area contributed by atoms with E-state index in [2.05, 4.69) is 21.7 Å². The van der Waals surface area contributed by atoms with Gasteiger partial charge in [0, 0.05) is 0 Å². The summed E-state index contributed by atoms with van der Waals surface area (Å²) in [6.45, 7) is 0. The van der Waals surface area contributed by atoms with Crippen LogP contribution in [0.15, 0.2) is 0 Å². The van der Waals surface area contributed by atoms with Gasteiger partial charge in [-0.05, 0) is 0 Å². The molecular weight excluding hydrogens is 132 g/mol. The Bertz CT molecular complexity index is 122. The highest BCUT2D eigenvalue weighted by Gasteiger charge is 2.41. The van der Waals surface area contributed by atoms with Crippen molar-refractivity contribution < 1.29 is 0 Å². The fourth-order valence-corrected chi connectivity index (χ4v) is 1.18. The Hall–Kier alpha value is -0.240. The lowest BCUT2D eigenvalue weighted by Crippen LogP contribution is -2.86. The molecule has 0 aromatic carbocycles. The molecule has 1 unspecified atom stereocenters. The summed E-state index contributed by atoms with van der Waals surface area (Å²) in [6, 6.07) is 0.493. The normalized spacial score (nSPS) is 53.4. The van der Waals surface area contributed by atoms with Gasteiger partial charge in [-0.25, -0.2) is 21.7 Å². The zero-order valence-corrected chi connectivity index (χ0v) is 5.46. The molecular formula is C4H12N6. The van der Waals surface area contributed by atoms with Crippen molar-refractivity contribution in [3.8, 4) is 0 Å². The van der Waals surface area contributed by atoms with E-state index >= 15 is 0 Å². The molecule has 2 aliphatic rings. The average molecular weight is 144 g/mol. The summed E-state index contributed by atoms with van der Waals surface area (Å²) < 4.78 is 0. The lowest BCUT2D eigenvalue weighted by molar-refractivity contribution is 0.0703. The van der Waals surface area contributed by atoms with Gasteiger partial charge >= 0.3 is 0 Å². The molecule has 0 spiro atoms. The Balaban J connectivity index is 1.87. The predicted molar refractivity (Wildman–Crippen MR) is 36.1 cm³/mol. The molecule has 0 aliphatic carbocycles. The Morgan fingerprint density at radius 3 is 1.20 bits per heavy atom. The van der Waals surface area contributed by atoms with E-state index in [0.29, 0.717) is 0 Å². The molecule has 2 saturated heterocycles. The van der Waals surface area contributed by atoms with E-state index in [1.54, 1.807) is 0 Å². The number of rotatable bonds is 1. The van der Waals surface area contributed by atoms with Gasteiger partial charge in [-0.1, -0.05) is 0 Å². The maximum Gasteiger partial charge on any atom is 0.0865 e. The van der Waals surface area contributed by atoms with Gasteiger partial charge in [0.1, 0.15) is 0 Å². The van der Waals surface area contributed by atoms with E-state index in [1.165, 1.54) is 0 Å². The monoisotopic (exact) mass is 144 g/mol. The summed E-state index contributed by atoms with van der Waals surface area (Å²) in [5.74, 6) is 0. The molecule has 0 saturated carbocycles. The molecule has 4 atom stereocenters. The van der Waals surface area contributed by atoms with Crippen molar-refractivity contribution in [2.45, 2.75) is 24.4 Å². The number of hydrogen-bond acceptors (Lipinski definition) is 6. The van der Waals surface area contributed by atoms with Crippen molar-refractivity contribution in [1.29, 1.82) is 0 Å². The summed E-state index contributed by atoms with van der Waals surface area (Å²) in [5.41, 5.74) is 22.8. The van der Waals surface area contributed by atoms with Crippen LogP contribution in [0.25, 0.3) is 0 Å². The van der Waals surface area contributed by atoms with E-state index in [0.717, 1.165) is 0 Å². The summed E-state index contributed by atoms with van der Waals surface area (Å²) in [5, 5.41) is 0. The minimum atomic E-state index is 0.0191. The van der Waals surface area contributed by atoms with Crippen molar-refractivity contribution in [1.82, 2.24) is 21.7 Å². The van der Waals surface area contributed by atoms with Crippen LogP contribution in [0.3, 0.4) is 0 Å². The van der Waals surface area contributed by atoms with Crippen LogP contribution in [0.4, 0.5) is 0 Å². The molecule has 2 heterocycles. The fourth-order valence-electron chi connectivity index (χ4n) is 1.18. The number of nitrogens with one attached hydrogen (secondary N) is 4. The van der Waals surface area contributed by atoms with Gasteiger partial charge in [-0.3, -0.25) is 0 Å². The predicted octanol–water partition coefficient (Wildman–Crippen LogP) is -3.49. The summed E-state index contributed by atoms with van der Waals surface area (Å²) in [6.07, 6.45) is 0.0382. The van der Waals surface area contributed by atoms with Crippen LogP contribution in [0.1, 0.15) is 0 Å². The standard InChI is InChI=1S/C4H12N6/c5-3-1(7-9-3)2-4(6)10-8-2/h1-4,7-10H,5-6H2/t1-,2-,3+,4?/m1/s1. The largest absolute Gasteiger partial charge is 0.314 e. The van der Waals surface area contributed by atoms with Crippen LogP contribution in [0, 0.1) is 0 Å². The zero-order valence-electron chi connectivity index (χ0n) is 5.46. The van der Waals surface area contributed by atoms with Gasteiger partial charge in [-0.2, -0.15) is 0 Å². The van der Waals surface area contributed by atoms with Crippen molar-refractivity contribution >= 4 is 0 Å². The second-order valence-corrected chi connectivity index (χ2v) is 2.68. The first-order valence-corrected chi connectivity index (χ1v) is 3.32. The third-order valence-corrected chi connectivity index (χ3v) is 1.99. The molecule has 6 nitrogen and oxygen atoms in total. The highest BCUT2D eigenvalue weighted by atomic mass is 15.6. The molecule has 8 N–H and O–H groups in total. The Morgan fingerprint density at radius 1 is 0.700 bits per heavy atom. The summed E-state index contributed by atoms with van der Waals surface area (Å²) in [4.78, 5) is 0. The van der Waals surface area contributed by atoms with Gasteiger partial charge in [0.25, 0.3) is 0 Å². The molecule has 0 aromatic heterocycles. The smallest absolute Gasteiger partial charge is 0.0865 e. The number of hydrogen-bond donors (Lipinski definition) is 6. The van der Waals surface area contributed by atoms with Gasteiger partial charge in [0.2, 0.25) is 0 Å². The molecule has 58 valence electrons. The minimum absolute atomic E-state index is 0.0191. The van der Waals surface area contributed by atoms with E-state index in [-0.39, 0.29) is 24.4 Å². The van der Waals surface area contributed by atoms with E-state index in [1.807, 2.05) is 0 Å². The van der Waals surface area contributed by atoms with E-state index < -0.39 is 0 Å². The van der Waals surface area contributed by atoms with E-state index in [9.17, 15) is 0 Å². The van der Waals surface area contributed by atoms with Crippen LogP contribution < -0.4 is 33.2 Å². The van der Waals surface area contributed by atoms with E-state index in [4.69, 9.17) is 11.5 Å². The number of hydrazine groups is 2. The quantitative estimate of drug-likeness (QED) is 0.228. The SMILES string of the molecule is NC1NN[C@@H]1[C@H]1NN[C@@H]1N. The van der Waals surface area contributed by atoms with Crippen molar-refractivity contribution in [2.75, 3.05) is 0 Å². The van der Waals surface area contributed by atoms with Crippen LogP contribution >= 0.6 is 0 Å². The molecule has 0 aromatic rings. The zero-order chi connectivity index (χ0) is 7.14. The Labute approximate surface area is 58.6 Å². The topological polar surface area (TPSA) is 100 Å². The fraction of sp³-hybridized carbons (Fsp3) is 1.00. The second-order valence-electron chi connectivity index (χ2n) is 2.68. The highest BCUT2D eigenvalue weighted by Crippen LogP contribution is 2.07. The Kier molecular flexibility index (Phi) is 1.37. The average Bonchev–Trinajstić information content (AvgIpc) is 1.93. The first-order chi connectivity index (χ1) is 4.79. The van der Waals surface area contributed by atoms with Gasteiger partial charge in [0.05, 0.1) is 24.4 Å². The molecule has 2 fully saturated rings. The molecule has 2 aliphatic heterocycles. The van der Waals surface area contributed by atoms with Crippen molar-refractivity contribution in [2.24, 2.45) is 11.5 Å². The molecule has 10 heavy (non-hydrogen) atoms. The molecule has 0 radical (unpaired) electrons. The second kappa shape index (κ2) is 2.12. The van der Waals surface area contributed by atoms with Gasteiger partial charge in [0.15, 0.2) is 0 Å². The highest BCUT2D eigenvalue weighted by molar-refractivity contribution is 5.01. The maximum absolute atomic E-state index is 5.60. The molecule has 0 bridgehead atoms. The van der Waals surface area contributed by atoms with Crippen LogP contribution in [0.2, 0.25) is 0 Å². The molecule has 6 heteroatoms. The Morgan fingerprint density at radius 2 is 1.10 bits per heavy atom. The molecule has 2 rings (SSSR count). The number of nitrogens with two attached hydrogens (primary N) is 2. The van der Waals surface area contributed by atoms with Gasteiger partial charge < -0.3 is 11.5 Å². The summed E-state index contributed by atoms with van der Waals surface area (Å²) >= 11 is 0. The first kappa shape index (κ1) is 6.47. The van der Waals surface area contributed by atoms with Gasteiger partial charge in [-0.15, -0.1) is 0 Å². The minimum Gasteiger partial charge on any atom is -0.314 e. The first-order valence-electron chi connectivity index (χ1n) is 3.32. The maximum atomic E-state index is 5.60. The van der Waals surface area contributed by atoms with Crippen molar-refractivity contribution in [3.63, 3.8) is 0 Å². The van der Waals surface area contributed by atoms with Crippen LogP contribution in [-0.2, 0) is 0 Å². The third kappa shape index (κ3) is 0.749.